The van der Waals surface area contributed by atoms with Crippen LogP contribution in [-0.2, 0) is 6.18 Å². The zero-order valence-corrected chi connectivity index (χ0v) is 20.0. The van der Waals surface area contributed by atoms with Gasteiger partial charge in [0.1, 0.15) is 12.4 Å². The second kappa shape index (κ2) is 11.9. The van der Waals surface area contributed by atoms with Crippen molar-refractivity contribution in [1.29, 1.82) is 0 Å². The summed E-state index contributed by atoms with van der Waals surface area (Å²) in [6, 6.07) is 17.4. The quantitative estimate of drug-likeness (QED) is 0.414. The van der Waals surface area contributed by atoms with E-state index < -0.39 is 23.6 Å². The number of halogens is 3. The molecule has 0 saturated carbocycles. The Kier molecular flexibility index (Phi) is 8.42. The molecule has 1 aliphatic rings. The highest BCUT2D eigenvalue weighted by Crippen LogP contribution is 2.31. The minimum Gasteiger partial charge on any atom is -0.491 e. The van der Waals surface area contributed by atoms with Crippen LogP contribution in [0, 0.1) is 0 Å². The average molecular weight is 513 g/mol. The number of amides is 2. The van der Waals surface area contributed by atoms with Gasteiger partial charge in [-0.2, -0.15) is 13.2 Å². The van der Waals surface area contributed by atoms with E-state index in [1.807, 2.05) is 0 Å². The highest BCUT2D eigenvalue weighted by atomic mass is 19.4. The van der Waals surface area contributed by atoms with Gasteiger partial charge in [-0.3, -0.25) is 14.5 Å². The molecule has 4 rings (SSSR count). The molecule has 0 unspecified atom stereocenters. The fourth-order valence-electron chi connectivity index (χ4n) is 3.95. The maximum absolute atomic E-state index is 13.1. The van der Waals surface area contributed by atoms with Crippen molar-refractivity contribution in [3.05, 3.63) is 89.5 Å². The van der Waals surface area contributed by atoms with Gasteiger partial charge in [0.15, 0.2) is 0 Å². The zero-order valence-electron chi connectivity index (χ0n) is 20.0. The van der Waals surface area contributed by atoms with Gasteiger partial charge in [0.2, 0.25) is 0 Å². The predicted molar refractivity (Wildman–Crippen MR) is 135 cm³/mol. The first kappa shape index (κ1) is 26.2. The maximum Gasteiger partial charge on any atom is 0.416 e. The fraction of sp³-hybridized carbons (Fsp3) is 0.259. The Morgan fingerprint density at radius 2 is 1.54 bits per heavy atom. The first-order valence-electron chi connectivity index (χ1n) is 11.8. The molecule has 0 spiro atoms. The van der Waals surface area contributed by atoms with Crippen LogP contribution in [0.25, 0.3) is 0 Å². The summed E-state index contributed by atoms with van der Waals surface area (Å²) in [5.74, 6) is -0.714. The summed E-state index contributed by atoms with van der Waals surface area (Å²) in [4.78, 5) is 28.3. The molecule has 7 nitrogen and oxygen atoms in total. The third-order valence-corrected chi connectivity index (χ3v) is 5.87. The van der Waals surface area contributed by atoms with Gasteiger partial charge in [0.05, 0.1) is 22.4 Å². The van der Waals surface area contributed by atoms with Crippen molar-refractivity contribution in [2.75, 3.05) is 50.0 Å². The number of nitrogens with one attached hydrogen (secondary N) is 3. The second-order valence-electron chi connectivity index (χ2n) is 8.47. The number of carbonyl (C=O) groups is 2. The first-order valence-corrected chi connectivity index (χ1v) is 11.8. The Hall–Kier alpha value is -3.89. The molecule has 0 radical (unpaired) electrons. The van der Waals surface area contributed by atoms with Crippen molar-refractivity contribution in [1.82, 2.24) is 10.2 Å². The number of hydrogen-bond acceptors (Lipinski definition) is 5. The van der Waals surface area contributed by atoms with Gasteiger partial charge in [-0.25, -0.2) is 0 Å². The van der Waals surface area contributed by atoms with Gasteiger partial charge in [0, 0.05) is 38.4 Å². The molecule has 0 atom stereocenters. The molecule has 1 heterocycles. The van der Waals surface area contributed by atoms with Gasteiger partial charge in [-0.15, -0.1) is 0 Å². The molecule has 3 N–H and O–H groups in total. The highest BCUT2D eigenvalue weighted by molar-refractivity contribution is 6.13. The number of carbonyl (C=O) groups excluding carboxylic acids is 2. The topological polar surface area (TPSA) is 82.7 Å². The molecular formula is C27H27F3N4O3. The molecule has 2 amide bonds. The zero-order chi connectivity index (χ0) is 26.3. The number of alkyl halides is 3. The summed E-state index contributed by atoms with van der Waals surface area (Å²) in [6.07, 6.45) is -4.53. The van der Waals surface area contributed by atoms with E-state index in [1.54, 1.807) is 42.5 Å². The number of benzene rings is 3. The Morgan fingerprint density at radius 1 is 0.865 bits per heavy atom. The molecule has 3 aromatic rings. The number of anilines is 2. The summed E-state index contributed by atoms with van der Waals surface area (Å²) in [6.45, 7) is 4.88. The minimum absolute atomic E-state index is 0.0100. The smallest absolute Gasteiger partial charge is 0.416 e. The maximum atomic E-state index is 13.1. The first-order chi connectivity index (χ1) is 17.8. The monoisotopic (exact) mass is 512 g/mol. The van der Waals surface area contributed by atoms with Crippen LogP contribution in [0.4, 0.5) is 24.5 Å². The Labute approximate surface area is 212 Å². The van der Waals surface area contributed by atoms with Crippen molar-refractivity contribution in [2.45, 2.75) is 6.18 Å². The lowest BCUT2D eigenvalue weighted by Gasteiger charge is -2.27. The molecule has 0 aliphatic carbocycles. The van der Waals surface area contributed by atoms with Crippen molar-refractivity contribution in [3.63, 3.8) is 0 Å². The molecule has 10 heteroatoms. The molecule has 194 valence electrons. The lowest BCUT2D eigenvalue weighted by Crippen LogP contribution is -2.44. The molecule has 0 bridgehead atoms. The minimum atomic E-state index is -4.53. The van der Waals surface area contributed by atoms with Gasteiger partial charge >= 0.3 is 6.18 Å². The molecule has 3 aromatic carbocycles. The van der Waals surface area contributed by atoms with E-state index in [1.165, 1.54) is 18.2 Å². The number of hydrogen-bond donors (Lipinski definition) is 3. The van der Waals surface area contributed by atoms with Crippen LogP contribution >= 0.6 is 0 Å². The largest absolute Gasteiger partial charge is 0.491 e. The second-order valence-corrected chi connectivity index (χ2v) is 8.47. The number of nitrogens with zero attached hydrogens (tertiary/aromatic N) is 1. The summed E-state index contributed by atoms with van der Waals surface area (Å²) in [5, 5.41) is 8.50. The molecule has 1 saturated heterocycles. The van der Waals surface area contributed by atoms with Crippen LogP contribution in [0.1, 0.15) is 26.3 Å². The predicted octanol–water partition coefficient (Wildman–Crippen LogP) is 4.49. The lowest BCUT2D eigenvalue weighted by molar-refractivity contribution is -0.137. The molecule has 37 heavy (non-hydrogen) atoms. The standard InChI is InChI=1S/C27H27F3N4O3/c28-27(29,30)19-6-5-7-20(18-19)32-25(35)21-8-1-3-10-23(21)33-26(36)22-9-2-4-11-24(22)37-17-16-34-14-12-31-13-15-34/h1-11,18,31H,12-17H2,(H,32,35)(H,33,36). The number of rotatable bonds is 8. The number of piperazine rings is 1. The van der Waals surface area contributed by atoms with Crippen LogP contribution in [-0.4, -0.2) is 56.0 Å². The average Bonchev–Trinajstić information content (AvgIpc) is 2.89. The fourth-order valence-corrected chi connectivity index (χ4v) is 3.95. The van der Waals surface area contributed by atoms with Crippen LogP contribution < -0.4 is 20.7 Å². The van der Waals surface area contributed by atoms with Gasteiger partial charge < -0.3 is 20.7 Å². The van der Waals surface area contributed by atoms with E-state index in [-0.39, 0.29) is 16.9 Å². The molecule has 1 aliphatic heterocycles. The van der Waals surface area contributed by atoms with Crippen LogP contribution in [0.5, 0.6) is 5.75 Å². The number of ether oxygens (including phenoxy) is 1. The third-order valence-electron chi connectivity index (χ3n) is 5.87. The van der Waals surface area contributed by atoms with Crippen molar-refractivity contribution in [3.8, 4) is 5.75 Å². The molecule has 0 aromatic heterocycles. The Bertz CT molecular complexity index is 1240. The number of para-hydroxylation sites is 2. The van der Waals surface area contributed by atoms with Gasteiger partial charge in [-0.05, 0) is 42.5 Å². The SMILES string of the molecule is O=C(Nc1cccc(C(F)(F)F)c1)c1ccccc1NC(=O)c1ccccc1OCCN1CCNCC1. The van der Waals surface area contributed by atoms with Crippen molar-refractivity contribution >= 4 is 23.2 Å². The van der Waals surface area contributed by atoms with Crippen LogP contribution in [0.15, 0.2) is 72.8 Å². The van der Waals surface area contributed by atoms with E-state index in [0.29, 0.717) is 17.9 Å². The summed E-state index contributed by atoms with van der Waals surface area (Å²) in [5.41, 5.74) is -0.265. The van der Waals surface area contributed by atoms with Crippen LogP contribution in [0.2, 0.25) is 0 Å². The van der Waals surface area contributed by atoms with Crippen molar-refractivity contribution in [2.24, 2.45) is 0 Å². The molecular weight excluding hydrogens is 485 g/mol. The van der Waals surface area contributed by atoms with E-state index in [2.05, 4.69) is 20.9 Å². The summed E-state index contributed by atoms with van der Waals surface area (Å²) in [7, 11) is 0. The van der Waals surface area contributed by atoms with Gasteiger partial charge in [-0.1, -0.05) is 30.3 Å². The summed E-state index contributed by atoms with van der Waals surface area (Å²) < 4.78 is 45.0. The van der Waals surface area contributed by atoms with E-state index >= 15 is 0 Å². The lowest BCUT2D eigenvalue weighted by atomic mass is 10.1. The van der Waals surface area contributed by atoms with Gasteiger partial charge in [0.25, 0.3) is 11.8 Å². The Morgan fingerprint density at radius 3 is 2.30 bits per heavy atom. The highest BCUT2D eigenvalue weighted by Gasteiger charge is 2.30. The van der Waals surface area contributed by atoms with E-state index in [4.69, 9.17) is 4.74 Å². The Balaban J connectivity index is 1.44. The normalized spacial score (nSPS) is 14.1. The van der Waals surface area contributed by atoms with Crippen LogP contribution in [0.3, 0.4) is 0 Å². The summed E-state index contributed by atoms with van der Waals surface area (Å²) >= 11 is 0. The third kappa shape index (κ3) is 7.08. The van der Waals surface area contributed by atoms with E-state index in [0.717, 1.165) is 44.9 Å². The molecule has 1 fully saturated rings. The van der Waals surface area contributed by atoms with E-state index in [9.17, 15) is 22.8 Å². The van der Waals surface area contributed by atoms with Crippen molar-refractivity contribution < 1.29 is 27.5 Å².